The maximum atomic E-state index is 13.0. The molecule has 28 heavy (non-hydrogen) atoms. The third-order valence-corrected chi connectivity index (χ3v) is 5.21. The van der Waals surface area contributed by atoms with Gasteiger partial charge in [-0.3, -0.25) is 14.9 Å². The molecule has 1 fully saturated rings. The second kappa shape index (κ2) is 10.2. The van der Waals surface area contributed by atoms with Gasteiger partial charge in [0.05, 0.1) is 17.4 Å². The molecular formula is C21H26ClN3O3. The number of para-hydroxylation sites is 1. The van der Waals surface area contributed by atoms with E-state index in [1.807, 2.05) is 30.3 Å². The molecule has 1 saturated heterocycles. The first-order valence-electron chi connectivity index (χ1n) is 9.31. The maximum Gasteiger partial charge on any atom is 0.273 e. The third kappa shape index (κ3) is 5.30. The molecular weight excluding hydrogens is 378 g/mol. The van der Waals surface area contributed by atoms with Crippen molar-refractivity contribution in [3.05, 3.63) is 75.8 Å². The fraction of sp³-hybridized carbons (Fsp3) is 0.381. The van der Waals surface area contributed by atoms with E-state index in [1.165, 1.54) is 18.9 Å². The fourth-order valence-electron chi connectivity index (χ4n) is 3.64. The Morgan fingerprint density at radius 3 is 2.36 bits per heavy atom. The summed E-state index contributed by atoms with van der Waals surface area (Å²) in [5.74, 6) is -0.114. The minimum atomic E-state index is -0.429. The quantitative estimate of drug-likeness (QED) is 0.520. The molecule has 0 N–H and O–H groups in total. The van der Waals surface area contributed by atoms with E-state index < -0.39 is 4.92 Å². The van der Waals surface area contributed by atoms with Gasteiger partial charge in [0.2, 0.25) is 5.91 Å². The average Bonchev–Trinajstić information content (AvgIpc) is 3.20. The molecule has 7 heteroatoms. The van der Waals surface area contributed by atoms with Crippen LogP contribution in [0, 0.1) is 10.1 Å². The van der Waals surface area contributed by atoms with E-state index in [0.29, 0.717) is 5.56 Å². The van der Waals surface area contributed by atoms with E-state index in [0.717, 1.165) is 25.2 Å². The number of nitro benzene ring substituents is 1. The molecule has 0 spiro atoms. The van der Waals surface area contributed by atoms with Crippen LogP contribution in [-0.2, 0) is 11.2 Å². The van der Waals surface area contributed by atoms with Crippen LogP contribution in [0.15, 0.2) is 54.6 Å². The standard InChI is InChI=1S/C21H25N3O3.ClH/c1-22(21(25)15-18-11-5-6-12-19(18)24(26)27)20(16-23-13-7-8-14-23)17-9-3-2-4-10-17;/h2-6,9-12,20H,7-8,13-16H2,1H3;1H/t20-;/m1./s1. The average molecular weight is 404 g/mol. The lowest BCUT2D eigenvalue weighted by molar-refractivity contribution is -0.385. The van der Waals surface area contributed by atoms with E-state index >= 15 is 0 Å². The minimum absolute atomic E-state index is 0. The predicted octanol–water partition coefficient (Wildman–Crippen LogP) is 3.85. The van der Waals surface area contributed by atoms with E-state index in [2.05, 4.69) is 4.90 Å². The van der Waals surface area contributed by atoms with Crippen molar-refractivity contribution in [2.75, 3.05) is 26.7 Å². The number of nitro groups is 1. The molecule has 150 valence electrons. The molecule has 0 aromatic heterocycles. The summed E-state index contributed by atoms with van der Waals surface area (Å²) in [4.78, 5) is 27.9. The Morgan fingerprint density at radius 2 is 1.71 bits per heavy atom. The number of hydrogen-bond donors (Lipinski definition) is 0. The second-order valence-corrected chi connectivity index (χ2v) is 7.00. The number of carbonyl (C=O) groups excluding carboxylic acids is 1. The van der Waals surface area contributed by atoms with Crippen LogP contribution in [-0.4, -0.2) is 47.3 Å². The Labute approximate surface area is 171 Å². The number of likely N-dealkylation sites (tertiary alicyclic amines) is 1. The molecule has 1 heterocycles. The van der Waals surface area contributed by atoms with Gasteiger partial charge in [-0.1, -0.05) is 48.5 Å². The van der Waals surface area contributed by atoms with Gasteiger partial charge in [0, 0.05) is 25.2 Å². The topological polar surface area (TPSA) is 66.7 Å². The highest BCUT2D eigenvalue weighted by Crippen LogP contribution is 2.25. The summed E-state index contributed by atoms with van der Waals surface area (Å²) < 4.78 is 0. The molecule has 3 rings (SSSR count). The van der Waals surface area contributed by atoms with Crippen LogP contribution >= 0.6 is 12.4 Å². The van der Waals surface area contributed by atoms with Crippen LogP contribution in [0.1, 0.15) is 30.0 Å². The first-order chi connectivity index (χ1) is 13.1. The summed E-state index contributed by atoms with van der Waals surface area (Å²) in [6.07, 6.45) is 2.40. The molecule has 1 amide bonds. The Balaban J connectivity index is 0.00000280. The van der Waals surface area contributed by atoms with E-state index in [1.54, 1.807) is 30.1 Å². The third-order valence-electron chi connectivity index (χ3n) is 5.21. The number of rotatable bonds is 7. The first-order valence-corrected chi connectivity index (χ1v) is 9.31. The Kier molecular flexibility index (Phi) is 7.96. The lowest BCUT2D eigenvalue weighted by Crippen LogP contribution is -2.39. The van der Waals surface area contributed by atoms with Crippen LogP contribution in [0.25, 0.3) is 0 Å². The molecule has 1 aliphatic rings. The highest BCUT2D eigenvalue weighted by atomic mass is 35.5. The highest BCUT2D eigenvalue weighted by molar-refractivity contribution is 5.85. The first kappa shape index (κ1) is 21.9. The summed E-state index contributed by atoms with van der Waals surface area (Å²) in [5, 5.41) is 11.2. The minimum Gasteiger partial charge on any atom is -0.337 e. The van der Waals surface area contributed by atoms with E-state index in [-0.39, 0.29) is 36.5 Å². The Hall–Kier alpha value is -2.44. The monoisotopic (exact) mass is 403 g/mol. The molecule has 2 aromatic rings. The van der Waals surface area contributed by atoms with Crippen molar-refractivity contribution in [2.24, 2.45) is 0 Å². The van der Waals surface area contributed by atoms with Gasteiger partial charge >= 0.3 is 0 Å². The van der Waals surface area contributed by atoms with Crippen molar-refractivity contribution < 1.29 is 9.72 Å². The lowest BCUT2D eigenvalue weighted by atomic mass is 10.0. The van der Waals surface area contributed by atoms with Crippen molar-refractivity contribution in [3.63, 3.8) is 0 Å². The van der Waals surface area contributed by atoms with Crippen LogP contribution in [0.5, 0.6) is 0 Å². The summed E-state index contributed by atoms with van der Waals surface area (Å²) in [6, 6.07) is 16.4. The van der Waals surface area contributed by atoms with Gasteiger partial charge in [0.25, 0.3) is 5.69 Å². The van der Waals surface area contributed by atoms with Gasteiger partial charge in [0.1, 0.15) is 0 Å². The van der Waals surface area contributed by atoms with Gasteiger partial charge < -0.3 is 9.80 Å². The SMILES string of the molecule is CN(C(=O)Cc1ccccc1[N+](=O)[O-])[C@H](CN1CCCC1)c1ccccc1.Cl. The zero-order valence-corrected chi connectivity index (χ0v) is 16.8. The Morgan fingerprint density at radius 1 is 1.11 bits per heavy atom. The van der Waals surface area contributed by atoms with Crippen molar-refractivity contribution in [1.29, 1.82) is 0 Å². The normalized spacial score (nSPS) is 14.9. The maximum absolute atomic E-state index is 13.0. The van der Waals surface area contributed by atoms with Crippen LogP contribution in [0.2, 0.25) is 0 Å². The van der Waals surface area contributed by atoms with Crippen LogP contribution < -0.4 is 0 Å². The molecule has 1 atom stereocenters. The lowest BCUT2D eigenvalue weighted by Gasteiger charge is -2.32. The number of halogens is 1. The highest BCUT2D eigenvalue weighted by Gasteiger charge is 2.26. The molecule has 0 saturated carbocycles. The molecule has 6 nitrogen and oxygen atoms in total. The van der Waals surface area contributed by atoms with Crippen LogP contribution in [0.3, 0.4) is 0 Å². The summed E-state index contributed by atoms with van der Waals surface area (Å²) in [5.41, 5.74) is 1.53. The summed E-state index contributed by atoms with van der Waals surface area (Å²) in [7, 11) is 1.80. The van der Waals surface area contributed by atoms with Gasteiger partial charge in [-0.2, -0.15) is 0 Å². The molecule has 0 bridgehead atoms. The van der Waals surface area contributed by atoms with Crippen molar-refractivity contribution in [1.82, 2.24) is 9.80 Å². The molecule has 0 radical (unpaired) electrons. The number of carbonyl (C=O) groups is 1. The van der Waals surface area contributed by atoms with Crippen LogP contribution in [0.4, 0.5) is 5.69 Å². The van der Waals surface area contributed by atoms with Crippen molar-refractivity contribution in [2.45, 2.75) is 25.3 Å². The molecule has 0 aliphatic carbocycles. The number of hydrogen-bond acceptors (Lipinski definition) is 4. The second-order valence-electron chi connectivity index (χ2n) is 7.00. The zero-order valence-electron chi connectivity index (χ0n) is 16.0. The summed E-state index contributed by atoms with van der Waals surface area (Å²) in [6.45, 7) is 2.88. The zero-order chi connectivity index (χ0) is 19.2. The van der Waals surface area contributed by atoms with Gasteiger partial charge in [-0.05, 0) is 31.5 Å². The van der Waals surface area contributed by atoms with E-state index in [9.17, 15) is 14.9 Å². The number of amides is 1. The smallest absolute Gasteiger partial charge is 0.273 e. The summed E-state index contributed by atoms with van der Waals surface area (Å²) >= 11 is 0. The molecule has 0 unspecified atom stereocenters. The van der Waals surface area contributed by atoms with E-state index in [4.69, 9.17) is 0 Å². The van der Waals surface area contributed by atoms with Gasteiger partial charge in [-0.15, -0.1) is 12.4 Å². The predicted molar refractivity (Wildman–Crippen MR) is 112 cm³/mol. The largest absolute Gasteiger partial charge is 0.337 e. The van der Waals surface area contributed by atoms with Crippen molar-refractivity contribution in [3.8, 4) is 0 Å². The fourth-order valence-corrected chi connectivity index (χ4v) is 3.64. The molecule has 2 aromatic carbocycles. The number of nitrogens with zero attached hydrogens (tertiary/aromatic N) is 3. The Bertz CT molecular complexity index is 794. The van der Waals surface area contributed by atoms with Crippen molar-refractivity contribution >= 4 is 24.0 Å². The number of likely N-dealkylation sites (N-methyl/N-ethyl adjacent to an activating group) is 1. The van der Waals surface area contributed by atoms with Gasteiger partial charge in [0.15, 0.2) is 0 Å². The number of benzene rings is 2. The van der Waals surface area contributed by atoms with Gasteiger partial charge in [-0.25, -0.2) is 0 Å². The molecule has 1 aliphatic heterocycles.